The van der Waals surface area contributed by atoms with Crippen LogP contribution in [0.5, 0.6) is 0 Å². The molecule has 2 amide bonds. The Balaban J connectivity index is 1.33. The Morgan fingerprint density at radius 3 is 2.39 bits per heavy atom. The van der Waals surface area contributed by atoms with Crippen LogP contribution in [0.15, 0.2) is 18.2 Å². The van der Waals surface area contributed by atoms with Crippen molar-refractivity contribution >= 4 is 12.0 Å². The molecule has 0 bridgehead atoms. The highest BCUT2D eigenvalue weighted by molar-refractivity contribution is 5.97. The summed E-state index contributed by atoms with van der Waals surface area (Å²) in [5.41, 5.74) is 2.66. The van der Waals surface area contributed by atoms with Gasteiger partial charge in [-0.05, 0) is 44.2 Å². The van der Waals surface area contributed by atoms with Gasteiger partial charge in [-0.3, -0.25) is 9.69 Å². The van der Waals surface area contributed by atoms with Gasteiger partial charge in [0.2, 0.25) is 0 Å². The lowest BCUT2D eigenvalue weighted by Crippen LogP contribution is -2.61. The van der Waals surface area contributed by atoms with Gasteiger partial charge in [0.05, 0.1) is 6.61 Å². The van der Waals surface area contributed by atoms with Crippen LogP contribution in [-0.4, -0.2) is 91.3 Å². The Morgan fingerprint density at radius 1 is 1.11 bits per heavy atom. The van der Waals surface area contributed by atoms with E-state index >= 15 is 0 Å². The first-order chi connectivity index (χ1) is 17.4. The average molecular weight is 500 g/mol. The fourth-order valence-electron chi connectivity index (χ4n) is 6.54. The molecule has 3 saturated heterocycles. The van der Waals surface area contributed by atoms with Gasteiger partial charge in [0.1, 0.15) is 5.60 Å². The minimum Gasteiger partial charge on any atom is -0.442 e. The molecule has 3 fully saturated rings. The number of ether oxygens (including phenoxy) is 2. The summed E-state index contributed by atoms with van der Waals surface area (Å²) in [7, 11) is 1.67. The number of benzene rings is 1. The van der Waals surface area contributed by atoms with E-state index in [1.165, 1.54) is 6.42 Å². The van der Waals surface area contributed by atoms with Crippen LogP contribution in [0.3, 0.4) is 0 Å². The molecule has 1 aromatic rings. The van der Waals surface area contributed by atoms with Crippen molar-refractivity contribution in [2.24, 2.45) is 5.92 Å². The SMILES string of the molecule is CCCCC1CN(CCOC)C(=O)OC12CCN(C1CCN(C(=O)c3c(C)cccc3C)CC1)CC2. The minimum absolute atomic E-state index is 0.174. The predicted octanol–water partition coefficient (Wildman–Crippen LogP) is 4.65. The normalized spacial score (nSPS) is 23.2. The Morgan fingerprint density at radius 2 is 1.78 bits per heavy atom. The van der Waals surface area contributed by atoms with Crippen molar-refractivity contribution in [3.8, 4) is 0 Å². The van der Waals surface area contributed by atoms with E-state index in [-0.39, 0.29) is 17.6 Å². The van der Waals surface area contributed by atoms with Crippen molar-refractivity contribution in [3.05, 3.63) is 34.9 Å². The van der Waals surface area contributed by atoms with Crippen molar-refractivity contribution in [1.29, 1.82) is 0 Å². The molecule has 1 spiro atoms. The fraction of sp³-hybridized carbons (Fsp3) is 0.724. The first-order valence-electron chi connectivity index (χ1n) is 13.9. The van der Waals surface area contributed by atoms with E-state index in [2.05, 4.69) is 11.8 Å². The highest BCUT2D eigenvalue weighted by Gasteiger charge is 2.50. The molecule has 7 nitrogen and oxygen atoms in total. The van der Waals surface area contributed by atoms with Crippen LogP contribution >= 0.6 is 0 Å². The lowest BCUT2D eigenvalue weighted by atomic mass is 9.75. The van der Waals surface area contributed by atoms with Crippen molar-refractivity contribution in [1.82, 2.24) is 14.7 Å². The lowest BCUT2D eigenvalue weighted by Gasteiger charge is -2.52. The summed E-state index contributed by atoms with van der Waals surface area (Å²) in [6.07, 6.45) is 7.08. The Bertz CT molecular complexity index is 884. The molecule has 1 unspecified atom stereocenters. The minimum atomic E-state index is -0.328. The first kappa shape index (κ1) is 26.9. The number of carbonyl (C=O) groups excluding carboxylic acids is 2. The summed E-state index contributed by atoms with van der Waals surface area (Å²) in [6, 6.07) is 6.57. The second-order valence-electron chi connectivity index (χ2n) is 11.0. The first-order valence-corrected chi connectivity index (χ1v) is 13.9. The van der Waals surface area contributed by atoms with E-state index in [1.54, 1.807) is 7.11 Å². The molecule has 1 atom stereocenters. The number of aryl methyl sites for hydroxylation is 2. The largest absolute Gasteiger partial charge is 0.442 e. The molecule has 36 heavy (non-hydrogen) atoms. The van der Waals surface area contributed by atoms with E-state index in [4.69, 9.17) is 9.47 Å². The number of piperidine rings is 2. The van der Waals surface area contributed by atoms with Gasteiger partial charge in [-0.2, -0.15) is 0 Å². The summed E-state index contributed by atoms with van der Waals surface area (Å²) in [5, 5.41) is 0. The number of hydrogen-bond donors (Lipinski definition) is 0. The van der Waals surface area contributed by atoms with Gasteiger partial charge in [-0.15, -0.1) is 0 Å². The van der Waals surface area contributed by atoms with Crippen molar-refractivity contribution in [2.75, 3.05) is 53.0 Å². The monoisotopic (exact) mass is 499 g/mol. The smallest absolute Gasteiger partial charge is 0.410 e. The average Bonchev–Trinajstić information content (AvgIpc) is 2.88. The van der Waals surface area contributed by atoms with E-state index in [0.29, 0.717) is 25.1 Å². The zero-order chi connectivity index (χ0) is 25.7. The molecule has 200 valence electrons. The molecular formula is C29H45N3O4. The number of carbonyl (C=O) groups is 2. The molecule has 3 aliphatic heterocycles. The number of amides is 2. The predicted molar refractivity (Wildman–Crippen MR) is 141 cm³/mol. The number of rotatable bonds is 8. The molecule has 0 radical (unpaired) electrons. The Kier molecular flexibility index (Phi) is 8.94. The number of unbranched alkanes of at least 4 members (excludes halogenated alkanes) is 1. The number of methoxy groups -OCH3 is 1. The third kappa shape index (κ3) is 5.72. The molecule has 7 heteroatoms. The van der Waals surface area contributed by atoms with E-state index in [9.17, 15) is 9.59 Å². The maximum Gasteiger partial charge on any atom is 0.410 e. The van der Waals surface area contributed by atoms with E-state index in [0.717, 1.165) is 87.9 Å². The van der Waals surface area contributed by atoms with E-state index in [1.807, 2.05) is 41.8 Å². The fourth-order valence-corrected chi connectivity index (χ4v) is 6.54. The van der Waals surface area contributed by atoms with Crippen LogP contribution in [0.4, 0.5) is 4.79 Å². The molecule has 4 rings (SSSR count). The van der Waals surface area contributed by atoms with Gasteiger partial charge in [0.25, 0.3) is 5.91 Å². The van der Waals surface area contributed by atoms with Gasteiger partial charge < -0.3 is 19.3 Å². The van der Waals surface area contributed by atoms with Crippen molar-refractivity contribution in [3.63, 3.8) is 0 Å². The van der Waals surface area contributed by atoms with Gasteiger partial charge in [-0.25, -0.2) is 4.79 Å². The Hall–Kier alpha value is -2.12. The molecular weight excluding hydrogens is 454 g/mol. The second-order valence-corrected chi connectivity index (χ2v) is 11.0. The third-order valence-electron chi connectivity index (χ3n) is 8.81. The summed E-state index contributed by atoms with van der Waals surface area (Å²) < 4.78 is 11.4. The summed E-state index contributed by atoms with van der Waals surface area (Å²) >= 11 is 0. The van der Waals surface area contributed by atoms with Gasteiger partial charge in [0.15, 0.2) is 0 Å². The lowest BCUT2D eigenvalue weighted by molar-refractivity contribution is -0.127. The van der Waals surface area contributed by atoms with Gasteiger partial charge in [-0.1, -0.05) is 38.0 Å². The van der Waals surface area contributed by atoms with E-state index < -0.39 is 0 Å². The molecule has 3 aliphatic rings. The topological polar surface area (TPSA) is 62.3 Å². The highest BCUT2D eigenvalue weighted by Crippen LogP contribution is 2.41. The Labute approximate surface area is 217 Å². The van der Waals surface area contributed by atoms with Crippen LogP contribution in [0.25, 0.3) is 0 Å². The molecule has 0 aromatic heterocycles. The summed E-state index contributed by atoms with van der Waals surface area (Å²) in [5.74, 6) is 0.554. The summed E-state index contributed by atoms with van der Waals surface area (Å²) in [4.78, 5) is 32.5. The van der Waals surface area contributed by atoms with Gasteiger partial charge >= 0.3 is 6.09 Å². The molecule has 1 aromatic carbocycles. The van der Waals surface area contributed by atoms with Crippen molar-refractivity contribution < 1.29 is 19.1 Å². The van der Waals surface area contributed by atoms with Gasteiger partial charge in [0, 0.05) is 76.7 Å². The third-order valence-corrected chi connectivity index (χ3v) is 8.81. The quantitative estimate of drug-likeness (QED) is 0.521. The highest BCUT2D eigenvalue weighted by atomic mass is 16.6. The van der Waals surface area contributed by atoms with Crippen LogP contribution in [0.2, 0.25) is 0 Å². The number of nitrogens with zero attached hydrogens (tertiary/aromatic N) is 3. The van der Waals surface area contributed by atoms with Crippen LogP contribution in [0.1, 0.15) is 73.4 Å². The van der Waals surface area contributed by atoms with Crippen LogP contribution < -0.4 is 0 Å². The number of hydrogen-bond acceptors (Lipinski definition) is 5. The maximum atomic E-state index is 13.2. The molecule has 0 saturated carbocycles. The summed E-state index contributed by atoms with van der Waals surface area (Å²) in [6.45, 7) is 11.7. The van der Waals surface area contributed by atoms with Crippen molar-refractivity contribution in [2.45, 2.75) is 77.4 Å². The standard InChI is InChI=1S/C29H45N3O4/c1-5-6-10-24-21-32(19-20-35-4)28(34)36-29(24)13-17-30(18-14-29)25-11-15-31(16-12-25)27(33)26-22(2)8-7-9-23(26)3/h7-9,24-25H,5-6,10-21H2,1-4H3. The second kappa shape index (κ2) is 12.0. The number of likely N-dealkylation sites (tertiary alicyclic amines) is 2. The van der Waals surface area contributed by atoms with Crippen LogP contribution in [0, 0.1) is 19.8 Å². The molecule has 0 N–H and O–H groups in total. The molecule has 0 aliphatic carbocycles. The zero-order valence-electron chi connectivity index (χ0n) is 22.8. The zero-order valence-corrected chi connectivity index (χ0v) is 22.8. The maximum absolute atomic E-state index is 13.2. The molecule has 3 heterocycles. The van der Waals surface area contributed by atoms with Crippen LogP contribution in [-0.2, 0) is 9.47 Å².